The normalized spacial score (nSPS) is 10.8. The second-order valence-corrected chi connectivity index (χ2v) is 6.23. The molecule has 2 nitrogen and oxygen atoms in total. The lowest BCUT2D eigenvalue weighted by molar-refractivity contribution is -0.116. The van der Waals surface area contributed by atoms with Gasteiger partial charge < -0.3 is 5.32 Å². The van der Waals surface area contributed by atoms with Gasteiger partial charge in [-0.2, -0.15) is 0 Å². The fourth-order valence-electron chi connectivity index (χ4n) is 2.56. The predicted octanol–water partition coefficient (Wildman–Crippen LogP) is 5.00. The summed E-state index contributed by atoms with van der Waals surface area (Å²) in [5.41, 5.74) is 5.74. The first-order chi connectivity index (χ1) is 10.5. The third-order valence-electron chi connectivity index (χ3n) is 3.95. The van der Waals surface area contributed by atoms with Crippen molar-refractivity contribution < 1.29 is 4.79 Å². The lowest BCUT2D eigenvalue weighted by Crippen LogP contribution is -2.15. The van der Waals surface area contributed by atoms with Crippen molar-refractivity contribution >= 4 is 11.6 Å². The van der Waals surface area contributed by atoms with Gasteiger partial charge in [-0.1, -0.05) is 61.9 Å². The number of hydrogen-bond donors (Lipinski definition) is 1. The molecule has 22 heavy (non-hydrogen) atoms. The first kappa shape index (κ1) is 16.3. The van der Waals surface area contributed by atoms with Crippen LogP contribution in [-0.4, -0.2) is 5.91 Å². The number of amides is 1. The molecule has 0 heterocycles. The van der Waals surface area contributed by atoms with E-state index in [0.717, 1.165) is 17.7 Å². The molecule has 0 saturated heterocycles. The zero-order chi connectivity index (χ0) is 16.1. The van der Waals surface area contributed by atoms with Crippen molar-refractivity contribution in [3.63, 3.8) is 0 Å². The second kappa shape index (κ2) is 7.26. The Morgan fingerprint density at radius 1 is 1.05 bits per heavy atom. The molecule has 0 aromatic heterocycles. The molecule has 0 aliphatic carbocycles. The van der Waals surface area contributed by atoms with E-state index in [1.807, 2.05) is 19.1 Å². The van der Waals surface area contributed by atoms with Gasteiger partial charge in [0.15, 0.2) is 0 Å². The molecule has 0 aliphatic heterocycles. The molecule has 0 radical (unpaired) electrons. The van der Waals surface area contributed by atoms with Crippen LogP contribution in [-0.2, 0) is 11.2 Å². The third kappa shape index (κ3) is 4.20. The maximum absolute atomic E-state index is 12.3. The monoisotopic (exact) mass is 295 g/mol. The van der Waals surface area contributed by atoms with Crippen LogP contribution < -0.4 is 5.32 Å². The smallest absolute Gasteiger partial charge is 0.224 e. The van der Waals surface area contributed by atoms with E-state index in [4.69, 9.17) is 0 Å². The number of benzene rings is 2. The van der Waals surface area contributed by atoms with Crippen LogP contribution in [0.3, 0.4) is 0 Å². The molecule has 2 aromatic carbocycles. The van der Waals surface area contributed by atoms with Crippen molar-refractivity contribution in [1.29, 1.82) is 0 Å². The van der Waals surface area contributed by atoms with Crippen molar-refractivity contribution in [3.8, 4) is 0 Å². The Hall–Kier alpha value is -2.09. The molecule has 1 amide bonds. The third-order valence-corrected chi connectivity index (χ3v) is 3.95. The SMILES string of the molecule is Cc1ccc(CCC(=O)Nc2c(C)cccc2C(C)C)cc1. The Labute approximate surface area is 133 Å². The second-order valence-electron chi connectivity index (χ2n) is 6.23. The van der Waals surface area contributed by atoms with Crippen LogP contribution in [0.15, 0.2) is 42.5 Å². The summed E-state index contributed by atoms with van der Waals surface area (Å²) in [6.45, 7) is 8.41. The molecule has 0 unspecified atom stereocenters. The van der Waals surface area contributed by atoms with Gasteiger partial charge in [-0.15, -0.1) is 0 Å². The number of hydrogen-bond acceptors (Lipinski definition) is 1. The van der Waals surface area contributed by atoms with Gasteiger partial charge in [0.25, 0.3) is 0 Å². The summed E-state index contributed by atoms with van der Waals surface area (Å²) < 4.78 is 0. The number of carbonyl (C=O) groups excluding carboxylic acids is 1. The summed E-state index contributed by atoms with van der Waals surface area (Å²) in [5.74, 6) is 0.476. The summed E-state index contributed by atoms with van der Waals surface area (Å²) >= 11 is 0. The fraction of sp³-hybridized carbons (Fsp3) is 0.350. The zero-order valence-corrected chi connectivity index (χ0v) is 13.9. The number of carbonyl (C=O) groups is 1. The summed E-state index contributed by atoms with van der Waals surface area (Å²) in [6.07, 6.45) is 1.28. The maximum Gasteiger partial charge on any atom is 0.224 e. The van der Waals surface area contributed by atoms with Crippen molar-refractivity contribution in [2.75, 3.05) is 5.32 Å². The topological polar surface area (TPSA) is 29.1 Å². The van der Waals surface area contributed by atoms with Crippen molar-refractivity contribution in [3.05, 3.63) is 64.7 Å². The van der Waals surface area contributed by atoms with E-state index in [1.165, 1.54) is 16.7 Å². The lowest BCUT2D eigenvalue weighted by atomic mass is 9.98. The highest BCUT2D eigenvalue weighted by Gasteiger charge is 2.11. The number of rotatable bonds is 5. The number of para-hydroxylation sites is 1. The van der Waals surface area contributed by atoms with E-state index < -0.39 is 0 Å². The summed E-state index contributed by atoms with van der Waals surface area (Å²) in [5, 5.41) is 3.10. The van der Waals surface area contributed by atoms with E-state index in [1.54, 1.807) is 0 Å². The highest BCUT2D eigenvalue weighted by molar-refractivity contribution is 5.92. The number of anilines is 1. The van der Waals surface area contributed by atoms with Gasteiger partial charge in [0, 0.05) is 12.1 Å². The standard InChI is InChI=1S/C20H25NO/c1-14(2)18-7-5-6-16(4)20(18)21-19(22)13-12-17-10-8-15(3)9-11-17/h5-11,14H,12-13H2,1-4H3,(H,21,22). The van der Waals surface area contributed by atoms with Crippen molar-refractivity contribution in [1.82, 2.24) is 0 Å². The van der Waals surface area contributed by atoms with Gasteiger partial charge in [-0.05, 0) is 42.9 Å². The van der Waals surface area contributed by atoms with Crippen LogP contribution in [0, 0.1) is 13.8 Å². The van der Waals surface area contributed by atoms with Crippen LogP contribution >= 0.6 is 0 Å². The number of aryl methyl sites for hydroxylation is 3. The number of nitrogens with one attached hydrogen (secondary N) is 1. The Morgan fingerprint density at radius 2 is 1.73 bits per heavy atom. The Morgan fingerprint density at radius 3 is 2.36 bits per heavy atom. The molecule has 116 valence electrons. The van der Waals surface area contributed by atoms with E-state index >= 15 is 0 Å². The first-order valence-corrected chi connectivity index (χ1v) is 7.92. The molecular weight excluding hydrogens is 270 g/mol. The molecule has 0 saturated carbocycles. The Balaban J connectivity index is 2.02. The van der Waals surface area contributed by atoms with Crippen molar-refractivity contribution in [2.45, 2.75) is 46.5 Å². The van der Waals surface area contributed by atoms with Crippen LogP contribution in [0.4, 0.5) is 5.69 Å². The van der Waals surface area contributed by atoms with E-state index in [-0.39, 0.29) is 5.91 Å². The minimum absolute atomic E-state index is 0.0803. The zero-order valence-electron chi connectivity index (χ0n) is 13.9. The summed E-state index contributed by atoms with van der Waals surface area (Å²) in [4.78, 5) is 12.3. The molecule has 2 heteroatoms. The molecular formula is C20H25NO. The van der Waals surface area contributed by atoms with Crippen LogP contribution in [0.1, 0.15) is 48.4 Å². The molecule has 2 aromatic rings. The van der Waals surface area contributed by atoms with E-state index in [0.29, 0.717) is 12.3 Å². The lowest BCUT2D eigenvalue weighted by Gasteiger charge is -2.16. The van der Waals surface area contributed by atoms with Gasteiger partial charge in [-0.3, -0.25) is 4.79 Å². The van der Waals surface area contributed by atoms with Gasteiger partial charge >= 0.3 is 0 Å². The molecule has 0 atom stereocenters. The van der Waals surface area contributed by atoms with Crippen molar-refractivity contribution in [2.24, 2.45) is 0 Å². The fourth-order valence-corrected chi connectivity index (χ4v) is 2.56. The highest BCUT2D eigenvalue weighted by Crippen LogP contribution is 2.27. The Bertz CT molecular complexity index is 641. The minimum Gasteiger partial charge on any atom is -0.326 e. The molecule has 1 N–H and O–H groups in total. The van der Waals surface area contributed by atoms with Gasteiger partial charge in [-0.25, -0.2) is 0 Å². The predicted molar refractivity (Wildman–Crippen MR) is 93.4 cm³/mol. The molecule has 2 rings (SSSR count). The average molecular weight is 295 g/mol. The average Bonchev–Trinajstić information content (AvgIpc) is 2.48. The van der Waals surface area contributed by atoms with Gasteiger partial charge in [0.05, 0.1) is 0 Å². The first-order valence-electron chi connectivity index (χ1n) is 7.92. The molecule has 0 bridgehead atoms. The summed E-state index contributed by atoms with van der Waals surface area (Å²) in [6, 6.07) is 14.5. The minimum atomic E-state index is 0.0803. The van der Waals surface area contributed by atoms with Gasteiger partial charge in [0.1, 0.15) is 0 Å². The quantitative estimate of drug-likeness (QED) is 0.826. The van der Waals surface area contributed by atoms with Crippen LogP contribution in [0.5, 0.6) is 0 Å². The van der Waals surface area contributed by atoms with E-state index in [2.05, 4.69) is 56.4 Å². The van der Waals surface area contributed by atoms with Crippen LogP contribution in [0.2, 0.25) is 0 Å². The molecule has 0 fully saturated rings. The van der Waals surface area contributed by atoms with Crippen LogP contribution in [0.25, 0.3) is 0 Å². The largest absolute Gasteiger partial charge is 0.326 e. The summed E-state index contributed by atoms with van der Waals surface area (Å²) in [7, 11) is 0. The highest BCUT2D eigenvalue weighted by atomic mass is 16.1. The maximum atomic E-state index is 12.3. The molecule has 0 aliphatic rings. The Kier molecular flexibility index (Phi) is 5.37. The van der Waals surface area contributed by atoms with E-state index in [9.17, 15) is 4.79 Å². The molecule has 0 spiro atoms. The van der Waals surface area contributed by atoms with Gasteiger partial charge in [0.2, 0.25) is 5.91 Å².